The smallest absolute Gasteiger partial charge is 0.331 e. The van der Waals surface area contributed by atoms with Crippen LogP contribution in [0.25, 0.3) is 0 Å². The summed E-state index contributed by atoms with van der Waals surface area (Å²) in [6.45, 7) is 2.77. The quantitative estimate of drug-likeness (QED) is 0.724. The van der Waals surface area contributed by atoms with Crippen molar-refractivity contribution in [2.75, 3.05) is 6.61 Å². The molecule has 3 heteroatoms. The fourth-order valence-electron chi connectivity index (χ4n) is 7.99. The summed E-state index contributed by atoms with van der Waals surface area (Å²) in [5, 5.41) is 12.0. The van der Waals surface area contributed by atoms with Gasteiger partial charge in [0.15, 0.2) is 0 Å². The van der Waals surface area contributed by atoms with E-state index in [9.17, 15) is 9.90 Å². The van der Waals surface area contributed by atoms with Crippen molar-refractivity contribution in [3.05, 3.63) is 11.6 Å². The topological polar surface area (TPSA) is 46.5 Å². The molecular weight excluding hydrogens is 312 g/mol. The van der Waals surface area contributed by atoms with Gasteiger partial charge in [0.25, 0.3) is 0 Å². The van der Waals surface area contributed by atoms with Crippen LogP contribution in [0.2, 0.25) is 0 Å². The summed E-state index contributed by atoms with van der Waals surface area (Å²) >= 11 is 0. The van der Waals surface area contributed by atoms with E-state index in [0.717, 1.165) is 42.6 Å². The summed E-state index contributed by atoms with van der Waals surface area (Å²) in [5.74, 6) is 3.17. The molecule has 0 aromatic carbocycles. The number of carbonyl (C=O) groups is 1. The van der Waals surface area contributed by atoms with Crippen molar-refractivity contribution in [1.82, 2.24) is 0 Å². The maximum Gasteiger partial charge on any atom is 0.331 e. The highest BCUT2D eigenvalue weighted by Gasteiger charge is 2.65. The zero-order valence-corrected chi connectivity index (χ0v) is 15.5. The minimum atomic E-state index is -0.532. The molecule has 4 saturated carbocycles. The molecule has 1 aliphatic heterocycles. The van der Waals surface area contributed by atoms with Crippen LogP contribution in [0.4, 0.5) is 0 Å². The van der Waals surface area contributed by atoms with E-state index in [-0.39, 0.29) is 11.4 Å². The first kappa shape index (κ1) is 16.4. The zero-order chi connectivity index (χ0) is 17.2. The Bertz CT molecular complexity index is 610. The lowest BCUT2D eigenvalue weighted by atomic mass is 9.47. The van der Waals surface area contributed by atoms with Gasteiger partial charge in [-0.15, -0.1) is 0 Å². The molecule has 0 spiro atoms. The van der Waals surface area contributed by atoms with Crippen molar-refractivity contribution in [3.63, 3.8) is 0 Å². The molecule has 0 amide bonds. The third kappa shape index (κ3) is 2.17. The average Bonchev–Trinajstić information content (AvgIpc) is 3.15. The summed E-state index contributed by atoms with van der Waals surface area (Å²) < 4.78 is 5.20. The molecule has 5 rings (SSSR count). The Morgan fingerprint density at radius 2 is 1.88 bits per heavy atom. The van der Waals surface area contributed by atoms with Gasteiger partial charge in [-0.1, -0.05) is 26.2 Å². The zero-order valence-electron chi connectivity index (χ0n) is 15.5. The third-order valence-electron chi connectivity index (χ3n) is 9.20. The molecule has 25 heavy (non-hydrogen) atoms. The summed E-state index contributed by atoms with van der Waals surface area (Å²) in [4.78, 5) is 11.6. The van der Waals surface area contributed by atoms with Crippen molar-refractivity contribution in [1.29, 1.82) is 0 Å². The van der Waals surface area contributed by atoms with Crippen LogP contribution in [0.15, 0.2) is 11.6 Å². The number of fused-ring (bicyclic) bond motifs is 5. The number of cyclic esters (lactones) is 1. The van der Waals surface area contributed by atoms with E-state index in [2.05, 4.69) is 6.92 Å². The number of hydrogen-bond donors (Lipinski definition) is 1. The number of ether oxygens (including phenoxy) is 1. The first-order chi connectivity index (χ1) is 12.0. The molecule has 0 aromatic heterocycles. The Balaban J connectivity index is 1.46. The van der Waals surface area contributed by atoms with Crippen LogP contribution >= 0.6 is 0 Å². The molecule has 1 N–H and O–H groups in total. The maximum absolute atomic E-state index is 12.0. The van der Waals surface area contributed by atoms with Gasteiger partial charge in [-0.05, 0) is 80.1 Å². The maximum atomic E-state index is 12.0. The van der Waals surface area contributed by atoms with Gasteiger partial charge < -0.3 is 9.84 Å². The monoisotopic (exact) mass is 344 g/mol. The van der Waals surface area contributed by atoms with E-state index in [1.165, 1.54) is 44.9 Å². The van der Waals surface area contributed by atoms with Gasteiger partial charge in [0.1, 0.15) is 6.61 Å². The molecule has 0 radical (unpaired) electrons. The van der Waals surface area contributed by atoms with Gasteiger partial charge in [-0.2, -0.15) is 0 Å². The van der Waals surface area contributed by atoms with Crippen LogP contribution in [0.3, 0.4) is 0 Å². The van der Waals surface area contributed by atoms with E-state index in [1.54, 1.807) is 6.08 Å². The molecule has 0 bridgehead atoms. The largest absolute Gasteiger partial charge is 0.458 e. The molecule has 4 aliphatic carbocycles. The molecule has 0 aromatic rings. The lowest BCUT2D eigenvalue weighted by Crippen LogP contribution is -2.59. The van der Waals surface area contributed by atoms with E-state index in [0.29, 0.717) is 18.4 Å². The average molecular weight is 344 g/mol. The van der Waals surface area contributed by atoms with E-state index < -0.39 is 5.60 Å². The highest BCUT2D eigenvalue weighted by atomic mass is 16.5. The van der Waals surface area contributed by atoms with Crippen LogP contribution in [0.1, 0.15) is 71.1 Å². The second-order valence-electron chi connectivity index (χ2n) is 9.85. The molecule has 0 saturated heterocycles. The van der Waals surface area contributed by atoms with Crippen molar-refractivity contribution in [2.24, 2.45) is 35.0 Å². The number of aliphatic hydroxyl groups is 1. The number of carbonyl (C=O) groups excluding carboxylic acids is 1. The summed E-state index contributed by atoms with van der Waals surface area (Å²) in [5.41, 5.74) is 0.540. The predicted molar refractivity (Wildman–Crippen MR) is 95.7 cm³/mol. The number of rotatable bonds is 1. The number of esters is 1. The molecule has 0 unspecified atom stereocenters. The predicted octanol–water partition coefficient (Wildman–Crippen LogP) is 4.24. The lowest BCUT2D eigenvalue weighted by molar-refractivity contribution is -0.184. The van der Waals surface area contributed by atoms with Crippen molar-refractivity contribution in [3.8, 4) is 0 Å². The van der Waals surface area contributed by atoms with Crippen LogP contribution in [0, 0.1) is 35.0 Å². The van der Waals surface area contributed by atoms with E-state index in [4.69, 9.17) is 4.74 Å². The highest BCUT2D eigenvalue weighted by molar-refractivity contribution is 5.85. The van der Waals surface area contributed by atoms with Gasteiger partial charge in [-0.3, -0.25) is 0 Å². The van der Waals surface area contributed by atoms with Gasteiger partial charge in [0, 0.05) is 11.5 Å². The molecule has 4 fully saturated rings. The van der Waals surface area contributed by atoms with E-state index in [1.807, 2.05) is 0 Å². The van der Waals surface area contributed by atoms with Gasteiger partial charge >= 0.3 is 5.97 Å². The van der Waals surface area contributed by atoms with Gasteiger partial charge in [0.2, 0.25) is 0 Å². The Labute approximate surface area is 151 Å². The van der Waals surface area contributed by atoms with Gasteiger partial charge in [-0.25, -0.2) is 4.79 Å². The first-order valence-electron chi connectivity index (χ1n) is 10.6. The lowest BCUT2D eigenvalue weighted by Gasteiger charge is -2.59. The van der Waals surface area contributed by atoms with Gasteiger partial charge in [0.05, 0.1) is 5.60 Å². The number of hydrogen-bond acceptors (Lipinski definition) is 3. The summed E-state index contributed by atoms with van der Waals surface area (Å²) in [6.07, 6.45) is 14.2. The first-order valence-corrected chi connectivity index (χ1v) is 10.6. The Morgan fingerprint density at radius 1 is 1.04 bits per heavy atom. The fourth-order valence-corrected chi connectivity index (χ4v) is 7.99. The van der Waals surface area contributed by atoms with Crippen molar-refractivity contribution < 1.29 is 14.6 Å². The van der Waals surface area contributed by atoms with Crippen LogP contribution in [-0.2, 0) is 9.53 Å². The fraction of sp³-hybridized carbons (Fsp3) is 0.864. The highest BCUT2D eigenvalue weighted by Crippen LogP contribution is 2.67. The SMILES string of the molecule is C[C@]12CC[C@@H]3[C@H]4CCCC[C@H]4CC[C@H]3[C@@]1(O)CC[C@@H]2C1=CC(=O)OC1. The van der Waals surface area contributed by atoms with Crippen LogP contribution in [0.5, 0.6) is 0 Å². The summed E-state index contributed by atoms with van der Waals surface area (Å²) in [7, 11) is 0. The second kappa shape index (κ2) is 5.58. The summed E-state index contributed by atoms with van der Waals surface area (Å²) in [6, 6.07) is 0. The molecular formula is C22H32O3. The molecule has 138 valence electrons. The molecule has 1 heterocycles. The third-order valence-corrected chi connectivity index (χ3v) is 9.20. The Hall–Kier alpha value is -0.830. The van der Waals surface area contributed by atoms with E-state index >= 15 is 0 Å². The second-order valence-corrected chi connectivity index (χ2v) is 9.85. The Morgan fingerprint density at radius 3 is 2.68 bits per heavy atom. The standard InChI is InChI=1S/C22H32O3/c1-21-10-8-17-16-5-3-2-4-14(16)6-7-19(17)22(21,24)11-9-18(21)15-12-20(23)25-13-15/h12,14,16-19,24H,2-11,13H2,1H3/t14-,16-,17+,18+,19+,21+,22-/m0/s1. The Kier molecular flexibility index (Phi) is 3.65. The normalized spacial score (nSPS) is 52.0. The van der Waals surface area contributed by atoms with Crippen molar-refractivity contribution >= 4 is 5.97 Å². The van der Waals surface area contributed by atoms with Crippen LogP contribution in [-0.4, -0.2) is 23.3 Å². The minimum Gasteiger partial charge on any atom is -0.458 e. The van der Waals surface area contributed by atoms with Crippen molar-refractivity contribution in [2.45, 2.75) is 76.7 Å². The molecule has 7 atom stereocenters. The van der Waals surface area contributed by atoms with Crippen LogP contribution < -0.4 is 0 Å². The minimum absolute atomic E-state index is 0.0739. The molecule has 3 nitrogen and oxygen atoms in total. The molecule has 5 aliphatic rings.